The minimum absolute atomic E-state index is 0.0147. The van der Waals surface area contributed by atoms with E-state index in [1.807, 2.05) is 0 Å². The highest BCUT2D eigenvalue weighted by molar-refractivity contribution is 7.91. The van der Waals surface area contributed by atoms with E-state index in [1.54, 1.807) is 0 Å². The van der Waals surface area contributed by atoms with Crippen LogP contribution in [0.3, 0.4) is 0 Å². The van der Waals surface area contributed by atoms with Crippen LogP contribution in [0.4, 0.5) is 0 Å². The van der Waals surface area contributed by atoms with E-state index in [9.17, 15) is 13.2 Å². The fraction of sp³-hybridized carbons (Fsp3) is 0.786. The number of nitrogens with zero attached hydrogens (tertiary/aromatic N) is 3. The van der Waals surface area contributed by atoms with Crippen LogP contribution < -0.4 is 5.32 Å². The maximum Gasteiger partial charge on any atom is 0.224 e. The molecule has 1 N–H and O–H groups in total. The Labute approximate surface area is 130 Å². The summed E-state index contributed by atoms with van der Waals surface area (Å²) in [6, 6.07) is 0. The largest absolute Gasteiger partial charge is 0.355 e. The Morgan fingerprint density at radius 1 is 1.27 bits per heavy atom. The number of carbonyl (C=O) groups is 1. The molecule has 1 saturated heterocycles. The highest BCUT2D eigenvalue weighted by Gasteiger charge is 2.32. The van der Waals surface area contributed by atoms with Crippen molar-refractivity contribution in [3.05, 3.63) is 11.6 Å². The molecule has 0 aromatic carbocycles. The molecule has 8 heteroatoms. The van der Waals surface area contributed by atoms with Gasteiger partial charge in [-0.3, -0.25) is 4.79 Å². The van der Waals surface area contributed by atoms with Crippen LogP contribution >= 0.6 is 0 Å². The average Bonchev–Trinajstić information content (AvgIpc) is 2.94. The third-order valence-electron chi connectivity index (χ3n) is 4.44. The van der Waals surface area contributed by atoms with E-state index in [-0.39, 0.29) is 23.3 Å². The normalized spacial score (nSPS) is 23.7. The van der Waals surface area contributed by atoms with Crippen LogP contribution in [0.15, 0.2) is 0 Å². The van der Waals surface area contributed by atoms with E-state index >= 15 is 0 Å². The zero-order valence-corrected chi connectivity index (χ0v) is 13.4. The van der Waals surface area contributed by atoms with E-state index in [2.05, 4.69) is 20.1 Å². The quantitative estimate of drug-likeness (QED) is 0.847. The monoisotopic (exact) mass is 326 g/mol. The zero-order chi connectivity index (χ0) is 15.6. The lowest BCUT2D eigenvalue weighted by Gasteiger charge is -2.10. The molecular formula is C14H22N4O3S. The van der Waals surface area contributed by atoms with Crippen LogP contribution in [0.1, 0.15) is 37.3 Å². The van der Waals surface area contributed by atoms with E-state index < -0.39 is 9.84 Å². The summed E-state index contributed by atoms with van der Waals surface area (Å²) in [6.07, 6.45) is 5.57. The first-order chi connectivity index (χ1) is 10.6. The average molecular weight is 326 g/mol. The Kier molecular flexibility index (Phi) is 4.46. The van der Waals surface area contributed by atoms with E-state index in [4.69, 9.17) is 0 Å². The lowest BCUT2D eigenvalue weighted by atomic mass is 10.1. The maximum absolute atomic E-state index is 12.0. The summed E-state index contributed by atoms with van der Waals surface area (Å²) < 4.78 is 25.0. The number of nitrogens with one attached hydrogen (secondary N) is 1. The number of amides is 1. The fourth-order valence-corrected chi connectivity index (χ4v) is 4.92. The van der Waals surface area contributed by atoms with Gasteiger partial charge >= 0.3 is 0 Å². The first-order valence-corrected chi connectivity index (χ1v) is 9.76. The SMILES string of the molecule is O=C(NCCc1nnc2n1CCCCC2)C1CCS(=O)(=O)C1. The van der Waals surface area contributed by atoms with Gasteiger partial charge < -0.3 is 9.88 Å². The fourth-order valence-electron chi connectivity index (χ4n) is 3.17. The maximum atomic E-state index is 12.0. The highest BCUT2D eigenvalue weighted by atomic mass is 32.2. The Morgan fingerprint density at radius 2 is 2.14 bits per heavy atom. The molecule has 1 fully saturated rings. The molecule has 0 radical (unpaired) electrons. The predicted molar refractivity (Wildman–Crippen MR) is 81.1 cm³/mol. The van der Waals surface area contributed by atoms with Gasteiger partial charge in [0.15, 0.2) is 9.84 Å². The van der Waals surface area contributed by atoms with Gasteiger partial charge in [0.1, 0.15) is 11.6 Å². The number of carbonyl (C=O) groups excluding carboxylic acids is 1. The second-order valence-electron chi connectivity index (χ2n) is 6.14. The van der Waals surface area contributed by atoms with Crippen LogP contribution in [0.5, 0.6) is 0 Å². The minimum atomic E-state index is -3.01. The lowest BCUT2D eigenvalue weighted by molar-refractivity contribution is -0.124. The molecule has 3 heterocycles. The van der Waals surface area contributed by atoms with E-state index in [1.165, 1.54) is 6.42 Å². The molecule has 22 heavy (non-hydrogen) atoms. The van der Waals surface area contributed by atoms with E-state index in [0.29, 0.717) is 19.4 Å². The van der Waals surface area contributed by atoms with Gasteiger partial charge in [0, 0.05) is 25.9 Å². The van der Waals surface area contributed by atoms with Crippen molar-refractivity contribution in [1.82, 2.24) is 20.1 Å². The van der Waals surface area contributed by atoms with Gasteiger partial charge in [-0.25, -0.2) is 8.42 Å². The van der Waals surface area contributed by atoms with Gasteiger partial charge in [-0.1, -0.05) is 6.42 Å². The standard InChI is InChI=1S/C14H22N4O3S/c19-14(11-6-9-22(20,21)10-11)15-7-5-13-17-16-12-4-2-1-3-8-18(12)13/h11H,1-10H2,(H,15,19). The molecule has 2 aliphatic heterocycles. The van der Waals surface area contributed by atoms with Crippen LogP contribution in [-0.2, 0) is 34.0 Å². The third-order valence-corrected chi connectivity index (χ3v) is 6.21. The topological polar surface area (TPSA) is 93.9 Å². The summed E-state index contributed by atoms with van der Waals surface area (Å²) >= 11 is 0. The lowest BCUT2D eigenvalue weighted by Crippen LogP contribution is -2.33. The molecule has 1 atom stereocenters. The molecule has 1 aromatic heterocycles. The summed E-state index contributed by atoms with van der Waals surface area (Å²) in [4.78, 5) is 12.0. The summed E-state index contributed by atoms with van der Waals surface area (Å²) in [5.41, 5.74) is 0. The van der Waals surface area contributed by atoms with Crippen molar-refractivity contribution in [2.75, 3.05) is 18.1 Å². The van der Waals surface area contributed by atoms with Crippen LogP contribution in [-0.4, -0.2) is 47.1 Å². The first kappa shape index (κ1) is 15.5. The van der Waals surface area contributed by atoms with Crippen LogP contribution in [0, 0.1) is 5.92 Å². The second-order valence-corrected chi connectivity index (χ2v) is 8.36. The van der Waals surface area contributed by atoms with Crippen molar-refractivity contribution < 1.29 is 13.2 Å². The van der Waals surface area contributed by atoms with E-state index in [0.717, 1.165) is 37.5 Å². The molecule has 0 aliphatic carbocycles. The smallest absolute Gasteiger partial charge is 0.224 e. The summed E-state index contributed by atoms with van der Waals surface area (Å²) in [5.74, 6) is 1.52. The second kappa shape index (κ2) is 6.36. The van der Waals surface area contributed by atoms with Crippen molar-refractivity contribution in [2.45, 2.75) is 45.1 Å². The molecule has 1 aromatic rings. The minimum Gasteiger partial charge on any atom is -0.355 e. The number of hydrogen-bond donors (Lipinski definition) is 1. The van der Waals surface area contributed by atoms with Gasteiger partial charge in [-0.05, 0) is 19.3 Å². The van der Waals surface area contributed by atoms with Crippen molar-refractivity contribution in [1.29, 1.82) is 0 Å². The van der Waals surface area contributed by atoms with Crippen molar-refractivity contribution in [3.8, 4) is 0 Å². The first-order valence-electron chi connectivity index (χ1n) is 7.94. The van der Waals surface area contributed by atoms with Gasteiger partial charge in [0.05, 0.1) is 17.4 Å². The molecule has 0 spiro atoms. The Hall–Kier alpha value is -1.44. The predicted octanol–water partition coefficient (Wildman–Crippen LogP) is 0.0979. The molecule has 2 aliphatic rings. The molecule has 3 rings (SSSR count). The number of sulfone groups is 1. The number of aryl methyl sites for hydroxylation is 1. The van der Waals surface area contributed by atoms with Crippen LogP contribution in [0.25, 0.3) is 0 Å². The van der Waals surface area contributed by atoms with Crippen molar-refractivity contribution >= 4 is 15.7 Å². The molecule has 1 unspecified atom stereocenters. The molecule has 1 amide bonds. The summed E-state index contributed by atoms with van der Waals surface area (Å²) in [7, 11) is -3.01. The molecule has 7 nitrogen and oxygen atoms in total. The zero-order valence-electron chi connectivity index (χ0n) is 12.6. The summed E-state index contributed by atoms with van der Waals surface area (Å²) in [6.45, 7) is 1.43. The van der Waals surface area contributed by atoms with Gasteiger partial charge in [0.2, 0.25) is 5.91 Å². The Morgan fingerprint density at radius 3 is 2.91 bits per heavy atom. The van der Waals surface area contributed by atoms with Gasteiger partial charge in [-0.2, -0.15) is 0 Å². The molecule has 0 saturated carbocycles. The molecular weight excluding hydrogens is 304 g/mol. The molecule has 122 valence electrons. The van der Waals surface area contributed by atoms with Crippen molar-refractivity contribution in [3.63, 3.8) is 0 Å². The number of rotatable bonds is 4. The Bertz CT molecular complexity index is 653. The number of hydrogen-bond acceptors (Lipinski definition) is 5. The Balaban J connectivity index is 1.51. The molecule has 0 bridgehead atoms. The third kappa shape index (κ3) is 3.48. The van der Waals surface area contributed by atoms with Crippen molar-refractivity contribution in [2.24, 2.45) is 5.92 Å². The number of fused-ring (bicyclic) bond motifs is 1. The number of aromatic nitrogens is 3. The van der Waals surface area contributed by atoms with Gasteiger partial charge in [-0.15, -0.1) is 10.2 Å². The van der Waals surface area contributed by atoms with Gasteiger partial charge in [0.25, 0.3) is 0 Å². The summed E-state index contributed by atoms with van der Waals surface area (Å²) in [5, 5.41) is 11.3. The highest BCUT2D eigenvalue weighted by Crippen LogP contribution is 2.18. The van der Waals surface area contributed by atoms with Crippen LogP contribution in [0.2, 0.25) is 0 Å².